The number of nitro groups is 3. The Balaban J connectivity index is 0.923. The molecule has 0 radical (unpaired) electrons. The molecule has 0 spiro atoms. The Morgan fingerprint density at radius 3 is 2.25 bits per heavy atom. The van der Waals surface area contributed by atoms with Gasteiger partial charge in [0.2, 0.25) is 12.2 Å². The maximum atomic E-state index is 14.4. The molecule has 0 saturated carbocycles. The quantitative estimate of drug-likeness (QED) is 0.0708. The molecule has 5 aromatic rings. The van der Waals surface area contributed by atoms with Gasteiger partial charge in [-0.1, -0.05) is 25.4 Å². The summed E-state index contributed by atoms with van der Waals surface area (Å²) in [5, 5.41) is 40.7. The summed E-state index contributed by atoms with van der Waals surface area (Å²) in [4.78, 5) is 104. The number of cyclic esters (lactones) is 1. The lowest BCUT2D eigenvalue weighted by Crippen LogP contribution is -2.48. The predicted molar refractivity (Wildman–Crippen MR) is 252 cm³/mol. The van der Waals surface area contributed by atoms with Crippen molar-refractivity contribution in [3.8, 4) is 28.3 Å². The highest BCUT2D eigenvalue weighted by Gasteiger charge is 2.51. The highest BCUT2D eigenvalue weighted by atomic mass is 16.7. The zero-order valence-electron chi connectivity index (χ0n) is 38.9. The number of non-ortho nitro benzene ring substituents is 2. The zero-order chi connectivity index (χ0) is 50.0. The van der Waals surface area contributed by atoms with E-state index in [1.807, 2.05) is 6.92 Å². The van der Waals surface area contributed by atoms with E-state index in [9.17, 15) is 49.5 Å². The van der Waals surface area contributed by atoms with Gasteiger partial charge in [-0.3, -0.25) is 35.1 Å². The molecule has 22 nitrogen and oxygen atoms in total. The van der Waals surface area contributed by atoms with E-state index in [0.29, 0.717) is 48.2 Å². The number of benzene rings is 3. The molecule has 3 aromatic carbocycles. The molecule has 366 valence electrons. The number of pyridine rings is 2. The van der Waals surface area contributed by atoms with Gasteiger partial charge in [-0.2, -0.15) is 0 Å². The highest BCUT2D eigenvalue weighted by molar-refractivity contribution is 6.26. The monoisotopic (exact) mass is 970 g/mol. The van der Waals surface area contributed by atoms with Crippen molar-refractivity contribution in [2.45, 2.75) is 90.5 Å². The number of amides is 1. The van der Waals surface area contributed by atoms with E-state index >= 15 is 0 Å². The van der Waals surface area contributed by atoms with E-state index in [1.54, 1.807) is 36.1 Å². The summed E-state index contributed by atoms with van der Waals surface area (Å²) in [6, 6.07) is 11.4. The largest absolute Gasteiger partial charge is 0.457 e. The molecule has 1 aliphatic carbocycles. The fourth-order valence-electron chi connectivity index (χ4n) is 10.9. The third-order valence-corrected chi connectivity index (χ3v) is 14.4. The Labute approximate surface area is 403 Å². The number of aromatic nitrogens is 2. The van der Waals surface area contributed by atoms with Crippen LogP contribution in [0.25, 0.3) is 33.4 Å². The number of likely N-dealkylation sites (tertiary alicyclic amines) is 2. The SMILES string of the molecule is CCc1c2c(nc3ccc(OC(=O)N4CCC(N5CCCCC5)CC4)cc13)-c1cc3c(c(=O)n1C2)COC(=O)[C@@]3(CC)OC(=O)CO/N=C1/c2cc([N+](=O)[O-])cc(C)c2-c2c1cc([N+](=O)[O-])cc2[N+](=O)[O-]. The topological polar surface area (TPSA) is 271 Å². The van der Waals surface area contributed by atoms with Gasteiger partial charge in [0, 0.05) is 70.5 Å². The van der Waals surface area contributed by atoms with E-state index in [2.05, 4.69) is 10.1 Å². The minimum absolute atomic E-state index is 0.0153. The van der Waals surface area contributed by atoms with Crippen LogP contribution in [0.4, 0.5) is 21.9 Å². The molecule has 1 atom stereocenters. The van der Waals surface area contributed by atoms with Crippen LogP contribution in [0.15, 0.2) is 58.5 Å². The number of ether oxygens (including phenoxy) is 3. The second-order valence-corrected chi connectivity index (χ2v) is 18.2. The van der Waals surface area contributed by atoms with E-state index < -0.39 is 74.2 Å². The second-order valence-electron chi connectivity index (χ2n) is 18.2. The van der Waals surface area contributed by atoms with Crippen molar-refractivity contribution in [1.82, 2.24) is 19.4 Å². The summed E-state index contributed by atoms with van der Waals surface area (Å²) >= 11 is 0. The van der Waals surface area contributed by atoms with Crippen molar-refractivity contribution in [1.29, 1.82) is 0 Å². The summed E-state index contributed by atoms with van der Waals surface area (Å²) < 4.78 is 18.8. The highest BCUT2D eigenvalue weighted by Crippen LogP contribution is 2.48. The number of carbonyl (C=O) groups is 3. The summed E-state index contributed by atoms with van der Waals surface area (Å²) in [7, 11) is 0. The number of oxime groups is 1. The number of esters is 2. The fraction of sp³-hybridized carbons (Fsp3) is 0.388. The van der Waals surface area contributed by atoms with Crippen LogP contribution in [0.5, 0.6) is 5.75 Å². The van der Waals surface area contributed by atoms with Crippen LogP contribution in [-0.2, 0) is 49.1 Å². The van der Waals surface area contributed by atoms with Gasteiger partial charge in [0.1, 0.15) is 18.1 Å². The lowest BCUT2D eigenvalue weighted by atomic mass is 9.85. The van der Waals surface area contributed by atoms with Gasteiger partial charge < -0.3 is 33.4 Å². The zero-order valence-corrected chi connectivity index (χ0v) is 38.9. The summed E-state index contributed by atoms with van der Waals surface area (Å²) in [6.07, 6.45) is 5.43. The fourth-order valence-corrected chi connectivity index (χ4v) is 10.9. The minimum Gasteiger partial charge on any atom is -0.457 e. The lowest BCUT2D eigenvalue weighted by Gasteiger charge is -2.39. The van der Waals surface area contributed by atoms with Gasteiger partial charge >= 0.3 is 18.0 Å². The molecule has 2 saturated heterocycles. The molecule has 71 heavy (non-hydrogen) atoms. The van der Waals surface area contributed by atoms with Crippen LogP contribution in [-0.4, -0.2) is 96.7 Å². The first kappa shape index (κ1) is 46.6. The summed E-state index contributed by atoms with van der Waals surface area (Å²) in [5.41, 5.74) is -1.25. The van der Waals surface area contributed by atoms with Crippen molar-refractivity contribution in [2.75, 3.05) is 32.8 Å². The van der Waals surface area contributed by atoms with Crippen molar-refractivity contribution >= 4 is 51.7 Å². The van der Waals surface area contributed by atoms with Crippen molar-refractivity contribution < 1.29 is 48.2 Å². The molecule has 2 fully saturated rings. The normalized spacial score (nSPS) is 18.8. The number of carbonyl (C=O) groups excluding carboxylic acids is 3. The van der Waals surface area contributed by atoms with Gasteiger partial charge in [-0.15, -0.1) is 0 Å². The van der Waals surface area contributed by atoms with Gasteiger partial charge in [0.05, 0.1) is 55.4 Å². The van der Waals surface area contributed by atoms with Crippen molar-refractivity contribution in [3.05, 3.63) is 128 Å². The van der Waals surface area contributed by atoms with E-state index in [-0.39, 0.29) is 57.6 Å². The third kappa shape index (κ3) is 7.87. The van der Waals surface area contributed by atoms with Crippen molar-refractivity contribution in [2.24, 2.45) is 5.16 Å². The Hall–Kier alpha value is -8.14. The Kier molecular flexibility index (Phi) is 11.8. The molecular formula is C49H46N8O14. The number of aryl methyl sites for hydroxylation is 2. The number of nitro benzene ring substituents is 3. The molecule has 22 heteroatoms. The van der Waals surface area contributed by atoms with Crippen LogP contribution in [0.2, 0.25) is 0 Å². The van der Waals surface area contributed by atoms with Gasteiger partial charge in [0.15, 0.2) is 0 Å². The standard InChI is InChI=1S/C49H46N8O14/c1-4-31-32-21-30(70-48(61)53-15-11-27(12-16-53)52-13-7-6-8-14-52)9-10-38(32)50-45-35(31)23-54-40(45)22-37-36(46(54)59)24-68-47(60)49(37,5-2)71-41(58)25-69-51-44-33-18-28(55(62)63)17-26(3)42(33)43-34(44)19-29(56(64)65)20-39(43)57(66)67/h9-10,17-22,27H,4-8,11-16,23-25H2,1-3H3/b51-44-/t49-/m0/s1. The smallest absolute Gasteiger partial charge is 0.415 e. The molecule has 0 unspecified atom stereocenters. The van der Waals surface area contributed by atoms with Gasteiger partial charge in [0.25, 0.3) is 22.6 Å². The Morgan fingerprint density at radius 1 is 0.873 bits per heavy atom. The molecule has 0 bridgehead atoms. The summed E-state index contributed by atoms with van der Waals surface area (Å²) in [6.45, 7) is 7.21. The molecule has 2 aromatic heterocycles. The number of piperidine rings is 2. The molecule has 0 N–H and O–H groups in total. The first-order valence-corrected chi connectivity index (χ1v) is 23.4. The first-order valence-electron chi connectivity index (χ1n) is 23.4. The summed E-state index contributed by atoms with van der Waals surface area (Å²) in [5.74, 6) is -1.74. The van der Waals surface area contributed by atoms with E-state index in [0.717, 1.165) is 60.6 Å². The van der Waals surface area contributed by atoms with E-state index in [1.165, 1.54) is 36.8 Å². The van der Waals surface area contributed by atoms with Crippen LogP contribution < -0.4 is 10.3 Å². The van der Waals surface area contributed by atoms with Crippen LogP contribution in [0.3, 0.4) is 0 Å². The Morgan fingerprint density at radius 2 is 1.58 bits per heavy atom. The maximum absolute atomic E-state index is 14.4. The first-order chi connectivity index (χ1) is 34.1. The lowest BCUT2D eigenvalue weighted by molar-refractivity contribution is -0.393. The minimum atomic E-state index is -2.14. The van der Waals surface area contributed by atoms with Crippen LogP contribution in [0, 0.1) is 37.3 Å². The second kappa shape index (κ2) is 18.0. The number of rotatable bonds is 11. The molecule has 5 aliphatic rings. The molecule has 1 amide bonds. The van der Waals surface area contributed by atoms with Gasteiger partial charge in [-0.05, 0) is 93.9 Å². The predicted octanol–water partition coefficient (Wildman–Crippen LogP) is 7.12. The molecule has 10 rings (SSSR count). The number of nitrogens with zero attached hydrogens (tertiary/aromatic N) is 8. The van der Waals surface area contributed by atoms with Gasteiger partial charge in [-0.25, -0.2) is 19.4 Å². The molecular weight excluding hydrogens is 925 g/mol. The van der Waals surface area contributed by atoms with E-state index in [4.69, 9.17) is 24.0 Å². The molecule has 4 aliphatic heterocycles. The van der Waals surface area contributed by atoms with Crippen LogP contribution >= 0.6 is 0 Å². The average molecular weight is 971 g/mol. The third-order valence-electron chi connectivity index (χ3n) is 14.4. The Bertz CT molecular complexity index is 3260. The molecule has 6 heterocycles. The maximum Gasteiger partial charge on any atom is 0.415 e. The van der Waals surface area contributed by atoms with Crippen LogP contribution in [0.1, 0.15) is 91.3 Å². The average Bonchev–Trinajstić information content (AvgIpc) is 3.89. The number of fused-ring (bicyclic) bond motifs is 8. The number of hydrogen-bond acceptors (Lipinski definition) is 17. The number of hydrogen-bond donors (Lipinski definition) is 0. The van der Waals surface area contributed by atoms with Crippen molar-refractivity contribution in [3.63, 3.8) is 0 Å².